The monoisotopic (exact) mass is 379 g/mol. The zero-order valence-corrected chi connectivity index (χ0v) is 17.0. The maximum Gasteiger partial charge on any atom is 0.408 e. The van der Waals surface area contributed by atoms with Gasteiger partial charge in [0.25, 0.3) is 0 Å². The molecule has 7 nitrogen and oxygen atoms in total. The second kappa shape index (κ2) is 8.88. The van der Waals surface area contributed by atoms with Crippen molar-refractivity contribution in [1.82, 2.24) is 5.32 Å². The fourth-order valence-corrected chi connectivity index (χ4v) is 2.19. The topological polar surface area (TPSA) is 90.9 Å². The van der Waals surface area contributed by atoms with Crippen LogP contribution in [0, 0.1) is 0 Å². The summed E-state index contributed by atoms with van der Waals surface area (Å²) in [5, 5.41) is 2.56. The molecule has 0 aliphatic carbocycles. The number of hydrogen-bond donors (Lipinski definition) is 1. The quantitative estimate of drug-likeness (QED) is 0.624. The third-order valence-corrected chi connectivity index (χ3v) is 3.17. The summed E-state index contributed by atoms with van der Waals surface area (Å²) in [6, 6.07) is 5.69. The van der Waals surface area contributed by atoms with E-state index < -0.39 is 35.3 Å². The average Bonchev–Trinajstić information content (AvgIpc) is 2.50. The van der Waals surface area contributed by atoms with E-state index in [1.54, 1.807) is 65.8 Å². The van der Waals surface area contributed by atoms with E-state index in [-0.39, 0.29) is 6.42 Å². The van der Waals surface area contributed by atoms with Gasteiger partial charge in [-0.2, -0.15) is 0 Å². The smallest absolute Gasteiger partial charge is 0.408 e. The number of benzene rings is 1. The molecule has 0 radical (unpaired) electrons. The molecule has 1 aromatic rings. The van der Waals surface area contributed by atoms with Gasteiger partial charge < -0.3 is 19.5 Å². The maximum absolute atomic E-state index is 12.6. The number of methoxy groups -OCH3 is 1. The summed E-state index contributed by atoms with van der Waals surface area (Å²) in [4.78, 5) is 36.4. The second-order valence-corrected chi connectivity index (χ2v) is 8.13. The number of alkyl carbamates (subject to hydrolysis) is 1. The number of esters is 2. The Kier molecular flexibility index (Phi) is 7.39. The fourth-order valence-electron chi connectivity index (χ4n) is 2.19. The van der Waals surface area contributed by atoms with Crippen LogP contribution in [0.3, 0.4) is 0 Å². The lowest BCUT2D eigenvalue weighted by atomic mass is 10.0. The Bertz CT molecular complexity index is 684. The van der Waals surface area contributed by atoms with E-state index in [1.165, 1.54) is 7.11 Å². The number of rotatable bonds is 5. The van der Waals surface area contributed by atoms with Crippen LogP contribution < -0.4 is 5.32 Å². The van der Waals surface area contributed by atoms with Crippen LogP contribution >= 0.6 is 0 Å². The van der Waals surface area contributed by atoms with Crippen LogP contribution in [0.5, 0.6) is 0 Å². The van der Waals surface area contributed by atoms with E-state index in [0.717, 1.165) is 0 Å². The van der Waals surface area contributed by atoms with Gasteiger partial charge in [-0.25, -0.2) is 14.4 Å². The van der Waals surface area contributed by atoms with E-state index in [9.17, 15) is 14.4 Å². The minimum absolute atomic E-state index is 0.138. The van der Waals surface area contributed by atoms with Crippen LogP contribution in [0.25, 0.3) is 0 Å². The Morgan fingerprint density at radius 1 is 1.00 bits per heavy atom. The molecular formula is C20H29NO6. The van der Waals surface area contributed by atoms with Crippen molar-refractivity contribution in [3.05, 3.63) is 35.4 Å². The molecule has 0 bridgehead atoms. The Morgan fingerprint density at radius 2 is 1.59 bits per heavy atom. The van der Waals surface area contributed by atoms with Crippen LogP contribution in [0.1, 0.15) is 57.5 Å². The average molecular weight is 379 g/mol. The molecular weight excluding hydrogens is 350 g/mol. The molecule has 0 aromatic heterocycles. The first-order chi connectivity index (χ1) is 12.3. The van der Waals surface area contributed by atoms with Crippen molar-refractivity contribution in [2.75, 3.05) is 7.11 Å². The van der Waals surface area contributed by atoms with E-state index >= 15 is 0 Å². The van der Waals surface area contributed by atoms with Gasteiger partial charge in [-0.15, -0.1) is 0 Å². The number of nitrogens with one attached hydrogen (secondary N) is 1. The third-order valence-electron chi connectivity index (χ3n) is 3.17. The Hall–Kier alpha value is -2.57. The van der Waals surface area contributed by atoms with Gasteiger partial charge in [-0.05, 0) is 59.2 Å². The predicted octanol–water partition coefficient (Wildman–Crippen LogP) is 3.25. The van der Waals surface area contributed by atoms with E-state index in [0.29, 0.717) is 11.1 Å². The third kappa shape index (κ3) is 8.57. The van der Waals surface area contributed by atoms with Crippen molar-refractivity contribution in [2.24, 2.45) is 0 Å². The lowest BCUT2D eigenvalue weighted by Gasteiger charge is -2.26. The molecule has 1 N–H and O–H groups in total. The van der Waals surface area contributed by atoms with Gasteiger partial charge >= 0.3 is 18.0 Å². The molecule has 0 aliphatic rings. The largest absolute Gasteiger partial charge is 0.465 e. The molecule has 1 amide bonds. The predicted molar refractivity (Wildman–Crippen MR) is 100 cm³/mol. The standard InChI is InChI=1S/C20H29NO6/c1-19(2,3)26-17(23)15(21-18(24)27-20(4,5)6)12-13-9-8-10-14(11-13)16(22)25-7/h8-11,15H,12H2,1-7H3,(H,21,24)/t15-/m0/s1. The van der Waals surface area contributed by atoms with Gasteiger partial charge in [0, 0.05) is 6.42 Å². The van der Waals surface area contributed by atoms with Crippen molar-refractivity contribution >= 4 is 18.0 Å². The van der Waals surface area contributed by atoms with Gasteiger partial charge in [0.05, 0.1) is 12.7 Å². The van der Waals surface area contributed by atoms with Crippen LogP contribution in [-0.4, -0.2) is 42.4 Å². The number of hydrogen-bond acceptors (Lipinski definition) is 6. The highest BCUT2D eigenvalue weighted by Crippen LogP contribution is 2.14. The molecule has 7 heteroatoms. The summed E-state index contributed by atoms with van der Waals surface area (Å²) in [6.45, 7) is 10.4. The summed E-state index contributed by atoms with van der Waals surface area (Å²) in [7, 11) is 1.29. The van der Waals surface area contributed by atoms with Gasteiger partial charge in [0.15, 0.2) is 0 Å². The first-order valence-electron chi connectivity index (χ1n) is 8.70. The number of carbonyl (C=O) groups is 3. The molecule has 0 fully saturated rings. The first kappa shape index (κ1) is 22.5. The molecule has 1 rings (SSSR count). The number of carbonyl (C=O) groups excluding carboxylic acids is 3. The van der Waals surface area contributed by atoms with E-state index in [2.05, 4.69) is 5.32 Å². The summed E-state index contributed by atoms with van der Waals surface area (Å²) >= 11 is 0. The number of amides is 1. The zero-order chi connectivity index (χ0) is 20.8. The molecule has 0 saturated heterocycles. The minimum Gasteiger partial charge on any atom is -0.465 e. The molecule has 0 spiro atoms. The summed E-state index contributed by atoms with van der Waals surface area (Å²) < 4.78 is 15.3. The molecule has 1 aromatic carbocycles. The van der Waals surface area contributed by atoms with Crippen molar-refractivity contribution in [3.8, 4) is 0 Å². The van der Waals surface area contributed by atoms with Crippen LogP contribution in [0.15, 0.2) is 24.3 Å². The fraction of sp³-hybridized carbons (Fsp3) is 0.550. The highest BCUT2D eigenvalue weighted by molar-refractivity contribution is 5.89. The van der Waals surface area contributed by atoms with Crippen LogP contribution in [0.2, 0.25) is 0 Å². The molecule has 0 heterocycles. The second-order valence-electron chi connectivity index (χ2n) is 8.13. The molecule has 0 saturated carbocycles. The molecule has 27 heavy (non-hydrogen) atoms. The van der Waals surface area contributed by atoms with Gasteiger partial charge in [0.2, 0.25) is 0 Å². The highest BCUT2D eigenvalue weighted by atomic mass is 16.6. The molecule has 0 aliphatic heterocycles. The van der Waals surface area contributed by atoms with Crippen molar-refractivity contribution in [2.45, 2.75) is 65.2 Å². The summed E-state index contributed by atoms with van der Waals surface area (Å²) in [5.74, 6) is -1.07. The Morgan fingerprint density at radius 3 is 2.11 bits per heavy atom. The Labute approximate surface area is 160 Å². The first-order valence-corrected chi connectivity index (χ1v) is 8.70. The van der Waals surface area contributed by atoms with Crippen molar-refractivity contribution < 1.29 is 28.6 Å². The van der Waals surface area contributed by atoms with E-state index in [4.69, 9.17) is 14.2 Å². The highest BCUT2D eigenvalue weighted by Gasteiger charge is 2.29. The van der Waals surface area contributed by atoms with Gasteiger partial charge in [-0.1, -0.05) is 12.1 Å². The summed E-state index contributed by atoms with van der Waals surface area (Å²) in [6.07, 6.45) is -0.582. The van der Waals surface area contributed by atoms with Crippen molar-refractivity contribution in [3.63, 3.8) is 0 Å². The minimum atomic E-state index is -0.966. The lowest BCUT2D eigenvalue weighted by Crippen LogP contribution is -2.47. The van der Waals surface area contributed by atoms with Crippen molar-refractivity contribution in [1.29, 1.82) is 0 Å². The summed E-state index contributed by atoms with van der Waals surface area (Å²) in [5.41, 5.74) is -0.383. The molecule has 0 unspecified atom stereocenters. The number of ether oxygens (including phenoxy) is 3. The van der Waals surface area contributed by atoms with E-state index in [1.807, 2.05) is 0 Å². The Balaban J connectivity index is 3.02. The molecule has 150 valence electrons. The SMILES string of the molecule is COC(=O)c1cccc(C[C@H](NC(=O)OC(C)(C)C)C(=O)OC(C)(C)C)c1. The molecule has 1 atom stereocenters. The maximum atomic E-state index is 12.6. The van der Waals surface area contributed by atoms with Crippen LogP contribution in [0.4, 0.5) is 4.79 Å². The van der Waals surface area contributed by atoms with Gasteiger partial charge in [0.1, 0.15) is 17.2 Å². The van der Waals surface area contributed by atoms with Crippen LogP contribution in [-0.2, 0) is 25.4 Å². The lowest BCUT2D eigenvalue weighted by molar-refractivity contribution is -0.157. The van der Waals surface area contributed by atoms with Gasteiger partial charge in [-0.3, -0.25) is 0 Å². The normalized spacial score (nSPS) is 12.7. The zero-order valence-electron chi connectivity index (χ0n) is 17.0.